The fraction of sp³-hybridized carbons (Fsp3) is 0.235. The van der Waals surface area contributed by atoms with Gasteiger partial charge in [-0.25, -0.2) is 4.98 Å². The van der Waals surface area contributed by atoms with Crippen molar-refractivity contribution in [3.8, 4) is 11.5 Å². The minimum absolute atomic E-state index is 0.144. The predicted molar refractivity (Wildman–Crippen MR) is 93.9 cm³/mol. The van der Waals surface area contributed by atoms with E-state index in [1.807, 2.05) is 31.2 Å². The van der Waals surface area contributed by atoms with Crippen molar-refractivity contribution in [1.29, 1.82) is 0 Å². The minimum Gasteiger partial charge on any atom is -0.493 e. The van der Waals surface area contributed by atoms with Gasteiger partial charge in [-0.3, -0.25) is 14.9 Å². The molecule has 0 atom stereocenters. The summed E-state index contributed by atoms with van der Waals surface area (Å²) in [5, 5.41) is 4.56. The normalized spacial score (nSPS) is 10.6. The minimum atomic E-state index is -0.362. The Hall–Kier alpha value is -2.67. The van der Waals surface area contributed by atoms with Gasteiger partial charge >= 0.3 is 0 Å². The second-order valence-electron chi connectivity index (χ2n) is 4.84. The van der Waals surface area contributed by atoms with Crippen LogP contribution in [0.15, 0.2) is 29.7 Å². The quantitative estimate of drug-likeness (QED) is 0.778. The van der Waals surface area contributed by atoms with E-state index < -0.39 is 0 Å². The van der Waals surface area contributed by atoms with Gasteiger partial charge in [-0.05, 0) is 24.6 Å². The maximum absolute atomic E-state index is 11.9. The molecule has 0 unspecified atom stereocenters. The van der Waals surface area contributed by atoms with Crippen LogP contribution in [0.4, 0.5) is 5.13 Å². The third-order valence-corrected chi connectivity index (χ3v) is 3.77. The van der Waals surface area contributed by atoms with Crippen LogP contribution >= 0.6 is 11.3 Å². The van der Waals surface area contributed by atoms with Crippen LogP contribution in [-0.4, -0.2) is 30.4 Å². The molecule has 0 saturated heterocycles. The van der Waals surface area contributed by atoms with Gasteiger partial charge in [0.2, 0.25) is 0 Å². The lowest BCUT2D eigenvalue weighted by molar-refractivity contribution is -0.118. The Bertz CT molecular complexity index is 768. The Labute approximate surface area is 144 Å². The lowest BCUT2D eigenvalue weighted by Gasteiger charge is -2.11. The molecule has 7 heteroatoms. The van der Waals surface area contributed by atoms with Crippen molar-refractivity contribution < 1.29 is 19.1 Å². The third kappa shape index (κ3) is 4.66. The van der Waals surface area contributed by atoms with Crippen LogP contribution in [0.1, 0.15) is 29.9 Å². The van der Waals surface area contributed by atoms with Gasteiger partial charge in [0.15, 0.2) is 29.0 Å². The van der Waals surface area contributed by atoms with Crippen molar-refractivity contribution in [2.75, 3.05) is 19.0 Å². The van der Waals surface area contributed by atoms with Gasteiger partial charge in [-0.15, -0.1) is 11.3 Å². The molecule has 1 heterocycles. The molecule has 0 fully saturated rings. The van der Waals surface area contributed by atoms with E-state index in [4.69, 9.17) is 9.47 Å². The number of ether oxygens (including phenoxy) is 2. The number of carbonyl (C=O) groups is 2. The standard InChI is InChI=1S/C17H18N2O4S/c1-4-5-12-6-7-14(15(8-12)22-3)23-9-16(21)19-17-18-13(10-24-17)11(2)20/h4-8,10H,9H2,1-3H3,(H,18,19,21). The Morgan fingerprint density at radius 2 is 2.12 bits per heavy atom. The number of nitrogens with zero attached hydrogens (tertiary/aromatic N) is 1. The third-order valence-electron chi connectivity index (χ3n) is 3.02. The number of anilines is 1. The zero-order valence-corrected chi connectivity index (χ0v) is 14.5. The largest absolute Gasteiger partial charge is 0.493 e. The maximum atomic E-state index is 11.9. The number of thiazole rings is 1. The van der Waals surface area contributed by atoms with E-state index in [1.54, 1.807) is 18.6 Å². The predicted octanol–water partition coefficient (Wildman–Crippen LogP) is 3.40. The molecule has 0 bridgehead atoms. The van der Waals surface area contributed by atoms with Crippen molar-refractivity contribution in [2.24, 2.45) is 0 Å². The van der Waals surface area contributed by atoms with Gasteiger partial charge in [0, 0.05) is 12.3 Å². The highest BCUT2D eigenvalue weighted by Crippen LogP contribution is 2.28. The van der Waals surface area contributed by atoms with Gasteiger partial charge in [-0.2, -0.15) is 0 Å². The van der Waals surface area contributed by atoms with Gasteiger partial charge in [0.05, 0.1) is 7.11 Å². The van der Waals surface area contributed by atoms with Crippen LogP contribution in [0.5, 0.6) is 11.5 Å². The second kappa shape index (κ2) is 8.26. The first-order chi connectivity index (χ1) is 11.5. The number of Topliss-reactive ketones (excluding diaryl/α,β-unsaturated/α-hetero) is 1. The number of hydrogen-bond donors (Lipinski definition) is 1. The first kappa shape index (κ1) is 17.7. The number of ketones is 1. The summed E-state index contributed by atoms with van der Waals surface area (Å²) in [5.41, 5.74) is 1.31. The number of amides is 1. The second-order valence-corrected chi connectivity index (χ2v) is 5.70. The number of aromatic nitrogens is 1. The number of allylic oxidation sites excluding steroid dienone is 1. The lowest BCUT2D eigenvalue weighted by atomic mass is 10.2. The molecule has 0 aliphatic rings. The molecule has 0 aliphatic heterocycles. The number of hydrogen-bond acceptors (Lipinski definition) is 6. The van der Waals surface area contributed by atoms with Gasteiger partial charge < -0.3 is 9.47 Å². The molecule has 126 valence electrons. The summed E-state index contributed by atoms with van der Waals surface area (Å²) >= 11 is 1.19. The number of rotatable bonds is 7. The van der Waals surface area contributed by atoms with Crippen molar-refractivity contribution in [3.63, 3.8) is 0 Å². The van der Waals surface area contributed by atoms with Crippen LogP contribution < -0.4 is 14.8 Å². The lowest BCUT2D eigenvalue weighted by Crippen LogP contribution is -2.20. The number of methoxy groups -OCH3 is 1. The van der Waals surface area contributed by atoms with Gasteiger partial charge in [-0.1, -0.05) is 18.2 Å². The summed E-state index contributed by atoms with van der Waals surface area (Å²) in [7, 11) is 1.54. The smallest absolute Gasteiger partial charge is 0.264 e. The van der Waals surface area contributed by atoms with Crippen LogP contribution in [0.3, 0.4) is 0 Å². The number of nitrogens with one attached hydrogen (secondary N) is 1. The van der Waals surface area contributed by atoms with E-state index in [-0.39, 0.29) is 18.3 Å². The molecule has 1 N–H and O–H groups in total. The first-order valence-electron chi connectivity index (χ1n) is 7.23. The Kier molecular flexibility index (Phi) is 6.08. The summed E-state index contributed by atoms with van der Waals surface area (Å²) in [5.74, 6) is 0.518. The van der Waals surface area contributed by atoms with Crippen molar-refractivity contribution >= 4 is 34.2 Å². The topological polar surface area (TPSA) is 77.5 Å². The van der Waals surface area contributed by atoms with Crippen molar-refractivity contribution in [2.45, 2.75) is 13.8 Å². The zero-order valence-electron chi connectivity index (χ0n) is 13.7. The summed E-state index contributed by atoms with van der Waals surface area (Å²) < 4.78 is 10.8. The molecule has 1 aromatic heterocycles. The monoisotopic (exact) mass is 346 g/mol. The van der Waals surface area contributed by atoms with E-state index in [9.17, 15) is 9.59 Å². The van der Waals surface area contributed by atoms with Crippen LogP contribution in [0.2, 0.25) is 0 Å². The molecule has 24 heavy (non-hydrogen) atoms. The van der Waals surface area contributed by atoms with Crippen LogP contribution in [-0.2, 0) is 4.79 Å². The first-order valence-corrected chi connectivity index (χ1v) is 8.11. The van der Waals surface area contributed by atoms with E-state index in [0.717, 1.165) is 5.56 Å². The summed E-state index contributed by atoms with van der Waals surface area (Å²) in [4.78, 5) is 27.1. The molecule has 1 aromatic carbocycles. The molecule has 0 spiro atoms. The highest BCUT2D eigenvalue weighted by molar-refractivity contribution is 7.14. The Morgan fingerprint density at radius 3 is 2.75 bits per heavy atom. The van der Waals surface area contributed by atoms with Gasteiger partial charge in [0.25, 0.3) is 5.91 Å². The fourth-order valence-corrected chi connectivity index (χ4v) is 2.66. The SMILES string of the molecule is CC=Cc1ccc(OCC(=O)Nc2nc(C(C)=O)cs2)c(OC)c1. The average Bonchev–Trinajstić information content (AvgIpc) is 3.02. The molecule has 0 saturated carbocycles. The summed E-state index contributed by atoms with van der Waals surface area (Å²) in [6, 6.07) is 5.45. The zero-order chi connectivity index (χ0) is 17.5. The molecule has 1 amide bonds. The number of benzene rings is 1. The highest BCUT2D eigenvalue weighted by Gasteiger charge is 2.11. The van der Waals surface area contributed by atoms with Crippen molar-refractivity contribution in [3.05, 3.63) is 40.9 Å². The Morgan fingerprint density at radius 1 is 1.33 bits per heavy atom. The molecular formula is C17H18N2O4S. The van der Waals surface area contributed by atoms with Crippen LogP contribution in [0, 0.1) is 0 Å². The fourth-order valence-electron chi connectivity index (χ4n) is 1.89. The number of carbonyl (C=O) groups excluding carboxylic acids is 2. The summed E-state index contributed by atoms with van der Waals surface area (Å²) in [6.07, 6.45) is 3.86. The molecule has 6 nitrogen and oxygen atoms in total. The van der Waals surface area contributed by atoms with Crippen LogP contribution in [0.25, 0.3) is 6.08 Å². The molecule has 2 rings (SSSR count). The molecule has 0 radical (unpaired) electrons. The van der Waals surface area contributed by atoms with E-state index >= 15 is 0 Å². The Balaban J connectivity index is 1.96. The summed E-state index contributed by atoms with van der Waals surface area (Å²) in [6.45, 7) is 3.17. The van der Waals surface area contributed by atoms with E-state index in [0.29, 0.717) is 22.3 Å². The van der Waals surface area contributed by atoms with E-state index in [1.165, 1.54) is 18.3 Å². The maximum Gasteiger partial charge on any atom is 0.264 e. The molecular weight excluding hydrogens is 328 g/mol. The highest BCUT2D eigenvalue weighted by atomic mass is 32.1. The molecule has 2 aromatic rings. The van der Waals surface area contributed by atoms with E-state index in [2.05, 4.69) is 10.3 Å². The average molecular weight is 346 g/mol. The van der Waals surface area contributed by atoms with Crippen molar-refractivity contribution in [1.82, 2.24) is 4.98 Å². The van der Waals surface area contributed by atoms with Gasteiger partial charge in [0.1, 0.15) is 5.69 Å². The molecule has 0 aliphatic carbocycles.